The van der Waals surface area contributed by atoms with Crippen LogP contribution in [0.3, 0.4) is 0 Å². The molecule has 3 nitrogen and oxygen atoms in total. The maximum Gasteiger partial charge on any atom is 0.223 e. The molecule has 122 valence electrons. The first-order valence-corrected chi connectivity index (χ1v) is 11.0. The number of hydrogen-bond acceptors (Lipinski definition) is 2. The number of likely N-dealkylation sites (tertiary alicyclic amines) is 1. The van der Waals surface area contributed by atoms with Crippen LogP contribution in [0, 0.1) is 11.3 Å². The van der Waals surface area contributed by atoms with Crippen LogP contribution in [-0.4, -0.2) is 32.5 Å². The molecule has 22 heavy (non-hydrogen) atoms. The van der Waals surface area contributed by atoms with E-state index in [4.69, 9.17) is 4.43 Å². The van der Waals surface area contributed by atoms with E-state index in [1.165, 1.54) is 5.56 Å². The monoisotopic (exact) mass is 319 g/mol. The summed E-state index contributed by atoms with van der Waals surface area (Å²) < 4.78 is 6.31. The molecule has 1 aliphatic heterocycles. The average molecular weight is 320 g/mol. The molecule has 0 N–H and O–H groups in total. The normalized spacial score (nSPS) is 20.7. The van der Waals surface area contributed by atoms with Gasteiger partial charge in [-0.3, -0.25) is 4.79 Å². The number of rotatable bonds is 5. The zero-order chi connectivity index (χ0) is 16.3. The van der Waals surface area contributed by atoms with Crippen molar-refractivity contribution in [1.29, 1.82) is 0 Å². The van der Waals surface area contributed by atoms with Crippen molar-refractivity contribution >= 4 is 14.9 Å². The molecule has 1 saturated heterocycles. The largest absolute Gasteiger partial charge is 0.417 e. The molecule has 2 unspecified atom stereocenters. The van der Waals surface area contributed by atoms with Crippen molar-refractivity contribution < 1.29 is 9.22 Å². The molecule has 2 rings (SSSR count). The highest BCUT2D eigenvalue weighted by Gasteiger charge is 2.40. The van der Waals surface area contributed by atoms with Crippen LogP contribution >= 0.6 is 0 Å². The molecule has 0 spiro atoms. The molecular weight excluding hydrogens is 290 g/mol. The van der Waals surface area contributed by atoms with E-state index in [9.17, 15) is 4.79 Å². The van der Waals surface area contributed by atoms with Gasteiger partial charge in [-0.1, -0.05) is 51.1 Å². The van der Waals surface area contributed by atoms with Gasteiger partial charge in [-0.15, -0.1) is 0 Å². The van der Waals surface area contributed by atoms with Gasteiger partial charge in [0, 0.05) is 25.4 Å². The molecule has 1 aliphatic rings. The van der Waals surface area contributed by atoms with Crippen LogP contribution in [0.4, 0.5) is 0 Å². The van der Waals surface area contributed by atoms with Gasteiger partial charge >= 0.3 is 0 Å². The van der Waals surface area contributed by atoms with E-state index in [1.54, 1.807) is 0 Å². The Morgan fingerprint density at radius 2 is 1.91 bits per heavy atom. The lowest BCUT2D eigenvalue weighted by Crippen LogP contribution is -2.40. The van der Waals surface area contributed by atoms with E-state index in [-0.39, 0.29) is 17.4 Å². The second-order valence-corrected chi connectivity index (χ2v) is 10.1. The Balaban J connectivity index is 2.06. The fraction of sp³-hybridized carbons (Fsp3) is 0.611. The molecule has 1 fully saturated rings. The summed E-state index contributed by atoms with van der Waals surface area (Å²) >= 11 is 0. The second-order valence-electron chi connectivity index (χ2n) is 7.70. The number of carbonyl (C=O) groups excluding carboxylic acids is 1. The van der Waals surface area contributed by atoms with Gasteiger partial charge in [0.1, 0.15) is 0 Å². The van der Waals surface area contributed by atoms with Crippen LogP contribution in [0.1, 0.15) is 32.8 Å². The second kappa shape index (κ2) is 6.96. The van der Waals surface area contributed by atoms with Crippen molar-refractivity contribution in [2.24, 2.45) is 11.3 Å². The summed E-state index contributed by atoms with van der Waals surface area (Å²) in [5, 5.41) is 0. The van der Waals surface area contributed by atoms with Gasteiger partial charge in [0.05, 0.1) is 6.10 Å². The van der Waals surface area contributed by atoms with Gasteiger partial charge in [-0.25, -0.2) is 0 Å². The Bertz CT molecular complexity index is 496. The minimum absolute atomic E-state index is 0.0744. The lowest BCUT2D eigenvalue weighted by Gasteiger charge is -2.36. The molecule has 4 heteroatoms. The van der Waals surface area contributed by atoms with E-state index in [0.717, 1.165) is 6.54 Å². The minimum Gasteiger partial charge on any atom is -0.417 e. The van der Waals surface area contributed by atoms with Crippen LogP contribution < -0.4 is 0 Å². The highest BCUT2D eigenvalue weighted by molar-refractivity contribution is 6.48. The summed E-state index contributed by atoms with van der Waals surface area (Å²) in [6, 6.07) is 10.2. The molecule has 1 aromatic rings. The SMILES string of the molecule is C[SiH](C)OC(C1CC(=O)N(Cc2ccccc2)C1)C(C)(C)C. The lowest BCUT2D eigenvalue weighted by molar-refractivity contribution is -0.128. The summed E-state index contributed by atoms with van der Waals surface area (Å²) in [6.07, 6.45) is 0.791. The molecule has 0 bridgehead atoms. The quantitative estimate of drug-likeness (QED) is 0.778. The van der Waals surface area contributed by atoms with Crippen LogP contribution in [-0.2, 0) is 15.8 Å². The topological polar surface area (TPSA) is 29.5 Å². The Labute approximate surface area is 136 Å². The number of benzene rings is 1. The van der Waals surface area contributed by atoms with Gasteiger partial charge in [0.2, 0.25) is 5.91 Å². The first-order valence-electron chi connectivity index (χ1n) is 8.24. The average Bonchev–Trinajstić information content (AvgIpc) is 2.77. The highest BCUT2D eigenvalue weighted by Crippen LogP contribution is 2.35. The van der Waals surface area contributed by atoms with Crippen molar-refractivity contribution in [2.45, 2.75) is 52.9 Å². The first-order chi connectivity index (χ1) is 10.3. The third-order valence-corrected chi connectivity index (χ3v) is 5.00. The van der Waals surface area contributed by atoms with Crippen molar-refractivity contribution in [1.82, 2.24) is 4.90 Å². The smallest absolute Gasteiger partial charge is 0.223 e. The fourth-order valence-electron chi connectivity index (χ4n) is 3.28. The number of nitrogens with zero attached hydrogens (tertiary/aromatic N) is 1. The Morgan fingerprint density at radius 3 is 2.45 bits per heavy atom. The third kappa shape index (κ3) is 4.43. The Hall–Kier alpha value is -1.13. The van der Waals surface area contributed by atoms with Gasteiger partial charge in [-0.05, 0) is 24.1 Å². The number of hydrogen-bond donors (Lipinski definition) is 0. The minimum atomic E-state index is -1.12. The molecule has 0 aromatic heterocycles. The molecule has 0 aliphatic carbocycles. The lowest BCUT2D eigenvalue weighted by atomic mass is 9.81. The standard InChI is InChI=1S/C18H29NO2Si/c1-18(2,3)17(21-22(4)5)15-11-16(20)19(13-15)12-14-9-7-6-8-10-14/h6-10,15,17,22H,11-13H2,1-5H3. The maximum atomic E-state index is 12.4. The zero-order valence-corrected chi connectivity index (χ0v) is 15.7. The third-order valence-electron chi connectivity index (χ3n) is 4.16. The summed E-state index contributed by atoms with van der Waals surface area (Å²) in [5.41, 5.74) is 1.27. The van der Waals surface area contributed by atoms with Crippen LogP contribution in [0.5, 0.6) is 0 Å². The van der Waals surface area contributed by atoms with Crippen LogP contribution in [0.2, 0.25) is 13.1 Å². The Morgan fingerprint density at radius 1 is 1.27 bits per heavy atom. The van der Waals surface area contributed by atoms with Crippen molar-refractivity contribution in [2.75, 3.05) is 6.54 Å². The van der Waals surface area contributed by atoms with Gasteiger partial charge in [-0.2, -0.15) is 0 Å². The molecule has 0 saturated carbocycles. The fourth-order valence-corrected chi connectivity index (χ4v) is 4.49. The van der Waals surface area contributed by atoms with Gasteiger partial charge in [0.25, 0.3) is 0 Å². The predicted octanol–water partition coefficient (Wildman–Crippen LogP) is 3.45. The molecule has 1 heterocycles. The summed E-state index contributed by atoms with van der Waals surface area (Å²) in [4.78, 5) is 14.4. The molecular formula is C18H29NO2Si. The van der Waals surface area contributed by atoms with E-state index in [1.807, 2.05) is 23.1 Å². The van der Waals surface area contributed by atoms with E-state index in [2.05, 4.69) is 46.0 Å². The van der Waals surface area contributed by atoms with Gasteiger partial charge < -0.3 is 9.33 Å². The van der Waals surface area contributed by atoms with E-state index in [0.29, 0.717) is 18.9 Å². The molecule has 2 atom stereocenters. The van der Waals surface area contributed by atoms with Crippen molar-refractivity contribution in [3.8, 4) is 0 Å². The van der Waals surface area contributed by atoms with Gasteiger partial charge in [0.15, 0.2) is 9.04 Å². The summed E-state index contributed by atoms with van der Waals surface area (Å²) in [5.74, 6) is 0.572. The Kier molecular flexibility index (Phi) is 5.45. The van der Waals surface area contributed by atoms with Crippen molar-refractivity contribution in [3.05, 3.63) is 35.9 Å². The van der Waals surface area contributed by atoms with E-state index < -0.39 is 9.04 Å². The molecule has 0 radical (unpaired) electrons. The summed E-state index contributed by atoms with van der Waals surface area (Å²) in [6.45, 7) is 12.6. The summed E-state index contributed by atoms with van der Waals surface area (Å²) in [7, 11) is -1.12. The van der Waals surface area contributed by atoms with Crippen LogP contribution in [0.25, 0.3) is 0 Å². The molecule has 1 amide bonds. The first kappa shape index (κ1) is 17.2. The number of carbonyl (C=O) groups is 1. The highest BCUT2D eigenvalue weighted by atomic mass is 28.3. The van der Waals surface area contributed by atoms with Crippen LogP contribution in [0.15, 0.2) is 30.3 Å². The van der Waals surface area contributed by atoms with Crippen molar-refractivity contribution in [3.63, 3.8) is 0 Å². The zero-order valence-electron chi connectivity index (χ0n) is 14.5. The number of amides is 1. The predicted molar refractivity (Wildman–Crippen MR) is 93.2 cm³/mol. The molecule has 1 aromatic carbocycles. The maximum absolute atomic E-state index is 12.4. The van der Waals surface area contributed by atoms with E-state index >= 15 is 0 Å².